The van der Waals surface area contributed by atoms with Crippen LogP contribution in [0.25, 0.3) is 11.4 Å². The molecule has 22 heavy (non-hydrogen) atoms. The van der Waals surface area contributed by atoms with Crippen molar-refractivity contribution in [2.75, 3.05) is 0 Å². The van der Waals surface area contributed by atoms with Crippen LogP contribution in [-0.2, 0) is 12.3 Å². The second kappa shape index (κ2) is 7.04. The van der Waals surface area contributed by atoms with E-state index in [9.17, 15) is 0 Å². The number of hydrogen-bond donors (Lipinski definition) is 0. The maximum atomic E-state index is 5.96. The van der Waals surface area contributed by atoms with Gasteiger partial charge in [-0.3, -0.25) is 0 Å². The molecule has 0 N–H and O–H groups in total. The number of halogens is 2. The summed E-state index contributed by atoms with van der Waals surface area (Å²) in [4.78, 5) is 1.23. The Morgan fingerprint density at radius 1 is 1.09 bits per heavy atom. The largest absolute Gasteiger partial charge is 0.302 e. The third-order valence-electron chi connectivity index (χ3n) is 3.11. The van der Waals surface area contributed by atoms with Gasteiger partial charge in [-0.25, -0.2) is 0 Å². The Labute approximate surface area is 147 Å². The molecule has 0 amide bonds. The lowest BCUT2D eigenvalue weighted by Crippen LogP contribution is -1.99. The molecule has 0 atom stereocenters. The molecule has 3 nitrogen and oxygen atoms in total. The van der Waals surface area contributed by atoms with Gasteiger partial charge in [0, 0.05) is 27.8 Å². The summed E-state index contributed by atoms with van der Waals surface area (Å²) in [5.74, 6) is 1.71. The summed E-state index contributed by atoms with van der Waals surface area (Å²) in [7, 11) is 0. The van der Waals surface area contributed by atoms with E-state index >= 15 is 0 Å². The fraction of sp³-hybridized carbons (Fsp3) is 0.200. The van der Waals surface area contributed by atoms with Crippen molar-refractivity contribution in [1.82, 2.24) is 14.8 Å². The lowest BCUT2D eigenvalue weighted by Gasteiger charge is -2.07. The van der Waals surface area contributed by atoms with Gasteiger partial charge in [-0.1, -0.05) is 35.0 Å². The molecule has 0 unspecified atom stereocenters. The Kier molecular flexibility index (Phi) is 5.08. The second-order valence-corrected chi connectivity index (χ2v) is 7.73. The van der Waals surface area contributed by atoms with Crippen LogP contribution < -0.4 is 0 Å². The van der Waals surface area contributed by atoms with Crippen LogP contribution in [0.1, 0.15) is 11.8 Å². The molecule has 0 fully saturated rings. The Balaban J connectivity index is 1.82. The van der Waals surface area contributed by atoms with Gasteiger partial charge < -0.3 is 4.57 Å². The predicted molar refractivity (Wildman–Crippen MR) is 95.0 cm³/mol. The van der Waals surface area contributed by atoms with Gasteiger partial charge in [0.05, 0.1) is 4.34 Å². The lowest BCUT2D eigenvalue weighted by molar-refractivity contribution is 0.687. The number of thioether (sulfide) groups is 1. The summed E-state index contributed by atoms with van der Waals surface area (Å²) >= 11 is 15.2. The highest BCUT2D eigenvalue weighted by atomic mass is 35.5. The quantitative estimate of drug-likeness (QED) is 0.546. The molecule has 2 heterocycles. The predicted octanol–water partition coefficient (Wildman–Crippen LogP) is 5.63. The van der Waals surface area contributed by atoms with Crippen molar-refractivity contribution in [3.63, 3.8) is 0 Å². The summed E-state index contributed by atoms with van der Waals surface area (Å²) in [6, 6.07) is 11.6. The van der Waals surface area contributed by atoms with Crippen molar-refractivity contribution >= 4 is 46.3 Å². The first-order valence-corrected chi connectivity index (χ1v) is 9.29. The summed E-state index contributed by atoms with van der Waals surface area (Å²) < 4.78 is 2.93. The van der Waals surface area contributed by atoms with Crippen LogP contribution in [0, 0.1) is 0 Å². The molecule has 0 saturated carbocycles. The highest BCUT2D eigenvalue weighted by Crippen LogP contribution is 2.30. The van der Waals surface area contributed by atoms with E-state index in [1.807, 2.05) is 36.4 Å². The number of rotatable bonds is 5. The topological polar surface area (TPSA) is 30.7 Å². The van der Waals surface area contributed by atoms with E-state index in [0.29, 0.717) is 0 Å². The van der Waals surface area contributed by atoms with Gasteiger partial charge in [0.15, 0.2) is 11.0 Å². The molecule has 0 bridgehead atoms. The van der Waals surface area contributed by atoms with Gasteiger partial charge in [-0.2, -0.15) is 0 Å². The molecular formula is C15H13Cl2N3S2. The third-order valence-corrected chi connectivity index (χ3v) is 5.79. The molecule has 0 saturated heterocycles. The summed E-state index contributed by atoms with van der Waals surface area (Å²) in [5.41, 5.74) is 1.02. The van der Waals surface area contributed by atoms with E-state index in [4.69, 9.17) is 23.2 Å². The van der Waals surface area contributed by atoms with Crippen LogP contribution in [0.2, 0.25) is 9.36 Å². The maximum absolute atomic E-state index is 5.96. The van der Waals surface area contributed by atoms with Gasteiger partial charge in [0.1, 0.15) is 0 Å². The zero-order valence-electron chi connectivity index (χ0n) is 11.8. The molecule has 3 rings (SSSR count). The van der Waals surface area contributed by atoms with Crippen LogP contribution in [-0.4, -0.2) is 14.8 Å². The minimum atomic E-state index is 0.718. The van der Waals surface area contributed by atoms with Crippen LogP contribution >= 0.6 is 46.3 Å². The van der Waals surface area contributed by atoms with Crippen molar-refractivity contribution < 1.29 is 0 Å². The van der Waals surface area contributed by atoms with Gasteiger partial charge in [0.2, 0.25) is 0 Å². The first-order valence-electron chi connectivity index (χ1n) is 6.73. The first kappa shape index (κ1) is 15.9. The van der Waals surface area contributed by atoms with Crippen LogP contribution in [0.5, 0.6) is 0 Å². The monoisotopic (exact) mass is 369 g/mol. The minimum absolute atomic E-state index is 0.718. The van der Waals surface area contributed by atoms with Gasteiger partial charge in [0.25, 0.3) is 0 Å². The molecule has 0 radical (unpaired) electrons. The summed E-state index contributed by atoms with van der Waals surface area (Å²) in [6.07, 6.45) is 0. The zero-order chi connectivity index (χ0) is 15.5. The van der Waals surface area contributed by atoms with Crippen molar-refractivity contribution in [1.29, 1.82) is 0 Å². The van der Waals surface area contributed by atoms with E-state index in [1.54, 1.807) is 23.1 Å². The molecule has 0 aliphatic rings. The third kappa shape index (κ3) is 3.49. The van der Waals surface area contributed by atoms with E-state index in [0.717, 1.165) is 38.2 Å². The SMILES string of the molecule is CCn1c(SCc2ccc(Cl)s2)nnc1-c1ccc(Cl)cc1. The van der Waals surface area contributed by atoms with E-state index < -0.39 is 0 Å². The number of benzene rings is 1. The Morgan fingerprint density at radius 2 is 1.86 bits per heavy atom. The van der Waals surface area contributed by atoms with Gasteiger partial charge in [-0.05, 0) is 43.3 Å². The molecule has 0 aliphatic heterocycles. The second-order valence-electron chi connectivity index (χ2n) is 4.55. The molecule has 0 aliphatic carbocycles. The molecule has 0 spiro atoms. The average molecular weight is 370 g/mol. The minimum Gasteiger partial charge on any atom is -0.302 e. The maximum Gasteiger partial charge on any atom is 0.191 e. The molecule has 2 aromatic heterocycles. The Morgan fingerprint density at radius 3 is 2.50 bits per heavy atom. The van der Waals surface area contributed by atoms with E-state index in [-0.39, 0.29) is 0 Å². The lowest BCUT2D eigenvalue weighted by atomic mass is 10.2. The summed E-state index contributed by atoms with van der Waals surface area (Å²) in [5, 5.41) is 10.3. The number of aromatic nitrogens is 3. The Hall–Kier alpha value is -1.01. The van der Waals surface area contributed by atoms with Crippen LogP contribution in [0.15, 0.2) is 41.6 Å². The standard InChI is InChI=1S/C15H13Cl2N3S2/c1-2-20-14(10-3-5-11(16)6-4-10)18-19-15(20)21-9-12-7-8-13(17)22-12/h3-8H,2,9H2,1H3. The summed E-state index contributed by atoms with van der Waals surface area (Å²) in [6.45, 7) is 2.91. The van der Waals surface area contributed by atoms with Gasteiger partial charge in [-0.15, -0.1) is 21.5 Å². The molecule has 3 aromatic rings. The van der Waals surface area contributed by atoms with E-state index in [2.05, 4.69) is 21.7 Å². The van der Waals surface area contributed by atoms with Crippen molar-refractivity contribution in [2.45, 2.75) is 24.4 Å². The number of hydrogen-bond acceptors (Lipinski definition) is 4. The van der Waals surface area contributed by atoms with Crippen LogP contribution in [0.4, 0.5) is 0 Å². The zero-order valence-corrected chi connectivity index (χ0v) is 14.9. The fourth-order valence-corrected chi connectivity index (χ4v) is 4.32. The van der Waals surface area contributed by atoms with Gasteiger partial charge >= 0.3 is 0 Å². The number of thiophene rings is 1. The van der Waals surface area contributed by atoms with E-state index in [1.165, 1.54) is 4.88 Å². The highest BCUT2D eigenvalue weighted by Gasteiger charge is 2.13. The molecule has 7 heteroatoms. The molecule has 114 valence electrons. The van der Waals surface area contributed by atoms with Crippen molar-refractivity contribution in [2.24, 2.45) is 0 Å². The fourth-order valence-electron chi connectivity index (χ4n) is 2.06. The number of nitrogens with zero attached hydrogens (tertiary/aromatic N) is 3. The van der Waals surface area contributed by atoms with Crippen LogP contribution in [0.3, 0.4) is 0 Å². The normalized spacial score (nSPS) is 11.0. The van der Waals surface area contributed by atoms with Crippen molar-refractivity contribution in [3.05, 3.63) is 50.6 Å². The highest BCUT2D eigenvalue weighted by molar-refractivity contribution is 7.98. The Bertz CT molecular complexity index is 765. The molecule has 1 aromatic carbocycles. The smallest absolute Gasteiger partial charge is 0.191 e. The van der Waals surface area contributed by atoms with Crippen molar-refractivity contribution in [3.8, 4) is 11.4 Å². The average Bonchev–Trinajstić information content (AvgIpc) is 3.11. The first-order chi connectivity index (χ1) is 10.7. The molecular weight excluding hydrogens is 357 g/mol.